The first-order valence-corrected chi connectivity index (χ1v) is 15.2. The second-order valence-corrected chi connectivity index (χ2v) is 11.4. The predicted octanol–water partition coefficient (Wildman–Crippen LogP) is 9.16. The number of fused-ring (bicyclic) bond motifs is 5. The van der Waals surface area contributed by atoms with Crippen molar-refractivity contribution in [2.45, 2.75) is 0 Å². The summed E-state index contributed by atoms with van der Waals surface area (Å²) in [4.78, 5) is 6.65. The van der Waals surface area contributed by atoms with Crippen molar-refractivity contribution < 1.29 is 13.2 Å². The van der Waals surface area contributed by atoms with E-state index in [0.29, 0.717) is 33.4 Å². The number of halogens is 3. The molecule has 0 aliphatic rings. The normalized spacial score (nSPS) is 11.0. The Kier molecular flexibility index (Phi) is 7.03. The van der Waals surface area contributed by atoms with Gasteiger partial charge in [0.2, 0.25) is 0 Å². The van der Waals surface area contributed by atoms with Crippen LogP contribution in [-0.4, -0.2) is 20.0 Å². The molecule has 8 rings (SSSR count). The average Bonchev–Trinajstić information content (AvgIpc) is 3.60. The van der Waals surface area contributed by atoms with E-state index in [-0.39, 0.29) is 5.56 Å². The third-order valence-electron chi connectivity index (χ3n) is 8.63. The number of aromatic nitrogens is 4. The van der Waals surface area contributed by atoms with Gasteiger partial charge in [-0.2, -0.15) is 20.6 Å². The smallest absolute Gasteiger partial charge is 0.164 e. The average molecular weight is 654 g/mol. The second-order valence-electron chi connectivity index (χ2n) is 11.4. The van der Waals surface area contributed by atoms with Crippen LogP contribution in [0, 0.1) is 51.4 Å². The molecule has 0 amide bonds. The van der Waals surface area contributed by atoms with Crippen LogP contribution in [0.25, 0.3) is 71.9 Å². The van der Waals surface area contributed by atoms with Crippen LogP contribution < -0.4 is 0 Å². The highest BCUT2D eigenvalue weighted by Crippen LogP contribution is 2.39. The number of hydrogen-bond acceptors (Lipinski definition) is 6. The van der Waals surface area contributed by atoms with Crippen molar-refractivity contribution in [1.82, 2.24) is 20.0 Å². The van der Waals surface area contributed by atoms with E-state index in [1.54, 1.807) is 29.1 Å². The van der Waals surface area contributed by atoms with Crippen LogP contribution in [0.5, 0.6) is 0 Å². The largest absolute Gasteiger partial charge is 0.247 e. The minimum atomic E-state index is -1.53. The highest BCUT2D eigenvalue weighted by molar-refractivity contribution is 6.21. The number of benzene rings is 6. The Hall–Kier alpha value is -7.35. The van der Waals surface area contributed by atoms with Crippen molar-refractivity contribution >= 4 is 32.7 Å². The Morgan fingerprint density at radius 1 is 0.540 bits per heavy atom. The van der Waals surface area contributed by atoms with Crippen molar-refractivity contribution in [3.8, 4) is 57.4 Å². The van der Waals surface area contributed by atoms with Gasteiger partial charge in [-0.1, -0.05) is 66.7 Å². The maximum absolute atomic E-state index is 15.2. The second kappa shape index (κ2) is 11.7. The summed E-state index contributed by atoms with van der Waals surface area (Å²) in [6.45, 7) is 0. The SMILES string of the molecule is N#Cc1ccc(-c2ccc3c(c2)nc(-c2ccc(-c4c(F)c(C#N)c(F)c(C#N)c4F)cc2)c2ccc4nn(-c5ccccc5)nc4c23)cc1. The quantitative estimate of drug-likeness (QED) is 0.175. The van der Waals surface area contributed by atoms with E-state index in [2.05, 4.69) is 6.07 Å². The molecule has 0 radical (unpaired) electrons. The number of rotatable bonds is 4. The van der Waals surface area contributed by atoms with Crippen LogP contribution in [0.4, 0.5) is 13.2 Å². The lowest BCUT2D eigenvalue weighted by Gasteiger charge is -2.13. The molecule has 0 aliphatic carbocycles. The summed E-state index contributed by atoms with van der Waals surface area (Å²) in [5.74, 6) is -4.31. The lowest BCUT2D eigenvalue weighted by Crippen LogP contribution is -2.03. The molecule has 0 saturated carbocycles. The van der Waals surface area contributed by atoms with Crippen molar-refractivity contribution in [3.63, 3.8) is 0 Å². The fourth-order valence-corrected chi connectivity index (χ4v) is 6.19. The first-order chi connectivity index (χ1) is 24.4. The molecule has 7 nitrogen and oxygen atoms in total. The van der Waals surface area contributed by atoms with Gasteiger partial charge in [0.1, 0.15) is 34.3 Å². The van der Waals surface area contributed by atoms with E-state index in [9.17, 15) is 20.2 Å². The molecule has 0 spiro atoms. The molecule has 0 fully saturated rings. The van der Waals surface area contributed by atoms with Gasteiger partial charge in [-0.25, -0.2) is 18.2 Å². The lowest BCUT2D eigenvalue weighted by molar-refractivity contribution is 0.539. The number of para-hydroxylation sites is 1. The van der Waals surface area contributed by atoms with E-state index in [1.807, 2.05) is 72.8 Å². The Morgan fingerprint density at radius 3 is 1.82 bits per heavy atom. The van der Waals surface area contributed by atoms with Gasteiger partial charge in [-0.05, 0) is 59.2 Å². The maximum Gasteiger partial charge on any atom is 0.164 e. The first-order valence-electron chi connectivity index (χ1n) is 15.2. The van der Waals surface area contributed by atoms with Gasteiger partial charge >= 0.3 is 0 Å². The van der Waals surface area contributed by atoms with Gasteiger partial charge in [0, 0.05) is 21.7 Å². The molecule has 0 saturated heterocycles. The fourth-order valence-electron chi connectivity index (χ4n) is 6.19. The molecular weight excluding hydrogens is 635 g/mol. The maximum atomic E-state index is 15.2. The summed E-state index contributed by atoms with van der Waals surface area (Å²) in [7, 11) is 0. The molecule has 0 aliphatic heterocycles. The molecule has 2 aromatic heterocycles. The molecule has 0 N–H and O–H groups in total. The minimum absolute atomic E-state index is 0.0122. The molecular formula is C40H18F3N7. The summed E-state index contributed by atoms with van der Waals surface area (Å²) >= 11 is 0. The van der Waals surface area contributed by atoms with Crippen LogP contribution in [0.3, 0.4) is 0 Å². The summed E-state index contributed by atoms with van der Waals surface area (Å²) in [5.41, 5.74) is 3.48. The molecule has 0 unspecified atom stereocenters. The van der Waals surface area contributed by atoms with Crippen LogP contribution >= 0.6 is 0 Å². The zero-order chi connectivity index (χ0) is 34.5. The van der Waals surface area contributed by atoms with E-state index >= 15 is 8.78 Å². The third kappa shape index (κ3) is 4.70. The molecule has 10 heteroatoms. The summed E-state index contributed by atoms with van der Waals surface area (Å²) in [5, 5.41) is 39.9. The molecule has 234 valence electrons. The highest BCUT2D eigenvalue weighted by atomic mass is 19.1. The van der Waals surface area contributed by atoms with Crippen LogP contribution in [0.2, 0.25) is 0 Å². The highest BCUT2D eigenvalue weighted by Gasteiger charge is 2.26. The Labute approximate surface area is 281 Å². The van der Waals surface area contributed by atoms with Gasteiger partial charge in [-0.15, -0.1) is 10.2 Å². The Morgan fingerprint density at radius 2 is 1.16 bits per heavy atom. The number of pyridine rings is 1. The predicted molar refractivity (Wildman–Crippen MR) is 182 cm³/mol. The van der Waals surface area contributed by atoms with E-state index in [0.717, 1.165) is 33.0 Å². The van der Waals surface area contributed by atoms with Crippen LogP contribution in [0.1, 0.15) is 16.7 Å². The molecule has 6 aromatic carbocycles. The number of nitriles is 3. The van der Waals surface area contributed by atoms with Gasteiger partial charge in [-0.3, -0.25) is 0 Å². The third-order valence-corrected chi connectivity index (χ3v) is 8.63. The molecule has 50 heavy (non-hydrogen) atoms. The van der Waals surface area contributed by atoms with Gasteiger partial charge in [0.25, 0.3) is 0 Å². The van der Waals surface area contributed by atoms with Crippen molar-refractivity contribution in [1.29, 1.82) is 15.8 Å². The Balaban J connectivity index is 1.36. The van der Waals surface area contributed by atoms with Crippen LogP contribution in [0.15, 0.2) is 109 Å². The van der Waals surface area contributed by atoms with Gasteiger partial charge in [0.15, 0.2) is 17.5 Å². The van der Waals surface area contributed by atoms with E-state index < -0.39 is 34.1 Å². The Bertz CT molecular complexity index is 2770. The number of nitrogens with zero attached hydrogens (tertiary/aromatic N) is 7. The standard InChI is InChI=1S/C40H18F3N7/c41-36-30(20-45)37(42)34(38(43)31(36)21-46)24-10-12-25(13-11-24)39-29-16-17-32-40(49-50(48-32)27-4-2-1-3-5-27)35(29)28-15-14-26(18-33(28)47-39)23-8-6-22(19-44)7-9-23/h1-18H. The summed E-state index contributed by atoms with van der Waals surface area (Å²) in [6.07, 6.45) is 0. The van der Waals surface area contributed by atoms with E-state index in [1.165, 1.54) is 24.3 Å². The van der Waals surface area contributed by atoms with Crippen molar-refractivity contribution in [2.24, 2.45) is 0 Å². The molecule has 0 atom stereocenters. The molecule has 0 bridgehead atoms. The minimum Gasteiger partial charge on any atom is -0.247 e. The topological polar surface area (TPSA) is 115 Å². The molecule has 8 aromatic rings. The first kappa shape index (κ1) is 30.0. The lowest BCUT2D eigenvalue weighted by atomic mass is 9.94. The summed E-state index contributed by atoms with van der Waals surface area (Å²) in [6, 6.07) is 37.5. The van der Waals surface area contributed by atoms with Gasteiger partial charge < -0.3 is 0 Å². The van der Waals surface area contributed by atoms with Gasteiger partial charge in [0.05, 0.1) is 34.1 Å². The van der Waals surface area contributed by atoms with Crippen molar-refractivity contribution in [3.05, 3.63) is 143 Å². The molecule has 2 heterocycles. The van der Waals surface area contributed by atoms with Crippen LogP contribution in [-0.2, 0) is 0 Å². The van der Waals surface area contributed by atoms with Crippen molar-refractivity contribution in [2.75, 3.05) is 0 Å². The van der Waals surface area contributed by atoms with E-state index in [4.69, 9.17) is 15.2 Å². The zero-order valence-electron chi connectivity index (χ0n) is 25.7. The summed E-state index contributed by atoms with van der Waals surface area (Å²) < 4.78 is 45.0. The monoisotopic (exact) mass is 653 g/mol. The zero-order valence-corrected chi connectivity index (χ0v) is 25.7. The number of hydrogen-bond donors (Lipinski definition) is 0. The fraction of sp³-hybridized carbons (Fsp3) is 0.